The predicted octanol–water partition coefficient (Wildman–Crippen LogP) is 5.71. The van der Waals surface area contributed by atoms with E-state index < -0.39 is 83.0 Å². The summed E-state index contributed by atoms with van der Waals surface area (Å²) in [5.41, 5.74) is 3.85. The number of benzene rings is 2. The molecule has 228 valence electrons. The number of nitrogens with two attached hydrogens (primary N) is 1. The zero-order valence-electron chi connectivity index (χ0n) is 22.5. The van der Waals surface area contributed by atoms with Gasteiger partial charge in [-0.2, -0.15) is 13.9 Å². The molecule has 0 aliphatic heterocycles. The van der Waals surface area contributed by atoms with Crippen LogP contribution in [-0.2, 0) is 23.7 Å². The number of rotatable bonds is 9. The summed E-state index contributed by atoms with van der Waals surface area (Å²) in [4.78, 5) is 29.4. The first-order valence-electron chi connectivity index (χ1n) is 13.4. The van der Waals surface area contributed by atoms with Gasteiger partial charge in [0.1, 0.15) is 35.4 Å². The Kier molecular flexibility index (Phi) is 7.17. The number of amides is 2. The fourth-order valence-electron chi connectivity index (χ4n) is 5.95. The van der Waals surface area contributed by atoms with Gasteiger partial charge < -0.3 is 11.1 Å². The number of hydrogen-bond donors (Lipinski definition) is 2. The van der Waals surface area contributed by atoms with Crippen molar-refractivity contribution in [2.45, 2.75) is 43.7 Å². The van der Waals surface area contributed by atoms with Crippen LogP contribution in [0, 0.1) is 23.4 Å². The minimum Gasteiger partial charge on any atom is -0.366 e. The number of nitrogens with zero attached hydrogens (tertiary/aromatic N) is 3. The molecule has 1 unspecified atom stereocenters. The van der Waals surface area contributed by atoms with Gasteiger partial charge in [0.25, 0.3) is 18.3 Å². The Morgan fingerprint density at radius 2 is 1.77 bits per heavy atom. The van der Waals surface area contributed by atoms with Crippen LogP contribution in [0.2, 0.25) is 0 Å². The minimum atomic E-state index is -3.45. The highest BCUT2D eigenvalue weighted by molar-refractivity contribution is 5.94. The molecule has 1 saturated carbocycles. The molecule has 6 rings (SSSR count). The maximum Gasteiger partial charge on any atom is 0.293 e. The SMILES string of the molecule is NC(=O)c1cc(-c2cccnc2[C@H](Cc2cc(F)cc(F)c2)NC(=O)Cn2nc(C(F)F)c3c2C(F)(F)C2C[C@@H]32)ccc1F. The molecule has 1 fully saturated rings. The Morgan fingerprint density at radius 3 is 2.45 bits per heavy atom. The normalized spacial score (nSPS) is 18.5. The van der Waals surface area contributed by atoms with Gasteiger partial charge in [0.05, 0.1) is 17.3 Å². The Bertz CT molecular complexity index is 1790. The molecular formula is C30H22F7N5O2. The monoisotopic (exact) mass is 617 g/mol. The first kappa shape index (κ1) is 29.3. The number of nitrogens with one attached hydrogen (secondary N) is 1. The van der Waals surface area contributed by atoms with Crippen LogP contribution in [-0.4, -0.2) is 26.6 Å². The fourth-order valence-corrected chi connectivity index (χ4v) is 5.95. The molecule has 2 aliphatic rings. The smallest absolute Gasteiger partial charge is 0.293 e. The van der Waals surface area contributed by atoms with Crippen LogP contribution in [0.15, 0.2) is 54.7 Å². The lowest BCUT2D eigenvalue weighted by Gasteiger charge is -2.22. The van der Waals surface area contributed by atoms with Crippen molar-refractivity contribution in [3.63, 3.8) is 0 Å². The molecule has 44 heavy (non-hydrogen) atoms. The standard InChI is InChI=1S/C30H22F7N5O2/c31-15-6-13(7-16(32)10-15)8-22(25-17(2-1-5-39-25)14-3-4-21(33)19(9-14)29(38)44)40-23(43)12-42-27-24(26(41-42)28(34)35)18-11-20(18)30(27,36)37/h1-7,9-10,18,20,22,28H,8,11-12H2,(H2,38,44)(H,40,43)/t18-,20?,22+/m1/s1. The first-order chi connectivity index (χ1) is 20.8. The number of carbonyl (C=O) groups excluding carboxylic acids is 2. The third-order valence-electron chi connectivity index (χ3n) is 7.87. The second kappa shape index (κ2) is 10.8. The van der Waals surface area contributed by atoms with Crippen molar-refractivity contribution in [3.8, 4) is 11.1 Å². The average molecular weight is 618 g/mol. The zero-order valence-corrected chi connectivity index (χ0v) is 22.5. The number of aromatic nitrogens is 3. The number of alkyl halides is 4. The summed E-state index contributed by atoms with van der Waals surface area (Å²) < 4.78 is 100. The summed E-state index contributed by atoms with van der Waals surface area (Å²) in [5, 5.41) is 6.26. The lowest BCUT2D eigenvalue weighted by molar-refractivity contribution is -0.123. The van der Waals surface area contributed by atoms with E-state index >= 15 is 8.78 Å². The summed E-state index contributed by atoms with van der Waals surface area (Å²) in [5.74, 6) is -9.98. The average Bonchev–Trinajstić information content (AvgIpc) is 3.61. The van der Waals surface area contributed by atoms with Gasteiger partial charge in [-0.15, -0.1) is 0 Å². The minimum absolute atomic E-state index is 0.0488. The van der Waals surface area contributed by atoms with E-state index in [-0.39, 0.29) is 40.8 Å². The van der Waals surface area contributed by atoms with Crippen LogP contribution in [0.5, 0.6) is 0 Å². The summed E-state index contributed by atoms with van der Waals surface area (Å²) >= 11 is 0. The predicted molar refractivity (Wildman–Crippen MR) is 141 cm³/mol. The summed E-state index contributed by atoms with van der Waals surface area (Å²) in [6.45, 7) is -0.858. The Morgan fingerprint density at radius 1 is 1.05 bits per heavy atom. The van der Waals surface area contributed by atoms with Crippen LogP contribution in [0.3, 0.4) is 0 Å². The second-order valence-corrected chi connectivity index (χ2v) is 10.8. The number of fused-ring (bicyclic) bond motifs is 3. The van der Waals surface area contributed by atoms with E-state index in [0.717, 1.165) is 18.2 Å². The van der Waals surface area contributed by atoms with Gasteiger partial charge in [-0.1, -0.05) is 12.1 Å². The lowest BCUT2D eigenvalue weighted by Crippen LogP contribution is -2.35. The highest BCUT2D eigenvalue weighted by Gasteiger charge is 2.67. The molecule has 2 aromatic carbocycles. The molecule has 0 bridgehead atoms. The lowest BCUT2D eigenvalue weighted by atomic mass is 9.94. The van der Waals surface area contributed by atoms with Crippen molar-refractivity contribution < 1.29 is 40.3 Å². The molecule has 0 radical (unpaired) electrons. The second-order valence-electron chi connectivity index (χ2n) is 10.8. The van der Waals surface area contributed by atoms with Crippen molar-refractivity contribution in [2.75, 3.05) is 0 Å². The molecule has 0 saturated heterocycles. The van der Waals surface area contributed by atoms with Crippen LogP contribution < -0.4 is 11.1 Å². The van der Waals surface area contributed by atoms with Gasteiger partial charge in [-0.25, -0.2) is 22.0 Å². The van der Waals surface area contributed by atoms with Gasteiger partial charge in [0.15, 0.2) is 0 Å². The molecule has 2 aliphatic carbocycles. The molecule has 4 aromatic rings. The van der Waals surface area contributed by atoms with Gasteiger partial charge in [0, 0.05) is 29.3 Å². The van der Waals surface area contributed by atoms with Gasteiger partial charge >= 0.3 is 0 Å². The molecule has 2 amide bonds. The van der Waals surface area contributed by atoms with Crippen LogP contribution in [0.1, 0.15) is 63.4 Å². The largest absolute Gasteiger partial charge is 0.366 e. The quantitative estimate of drug-likeness (QED) is 0.235. The number of carbonyl (C=O) groups is 2. The van der Waals surface area contributed by atoms with Gasteiger partial charge in [-0.05, 0) is 60.2 Å². The summed E-state index contributed by atoms with van der Waals surface area (Å²) in [7, 11) is 0. The molecule has 3 atom stereocenters. The van der Waals surface area contributed by atoms with Crippen molar-refractivity contribution >= 4 is 11.8 Å². The Balaban J connectivity index is 1.37. The Labute approximate surface area is 244 Å². The summed E-state index contributed by atoms with van der Waals surface area (Å²) in [6.07, 6.45) is -1.98. The van der Waals surface area contributed by atoms with E-state index in [9.17, 15) is 31.5 Å². The van der Waals surface area contributed by atoms with Crippen molar-refractivity contribution in [3.05, 3.63) is 106 Å². The number of halogens is 7. The van der Waals surface area contributed by atoms with Crippen molar-refractivity contribution in [1.82, 2.24) is 20.1 Å². The Hall–Kier alpha value is -4.75. The highest BCUT2D eigenvalue weighted by atomic mass is 19.3. The van der Waals surface area contributed by atoms with Crippen LogP contribution in [0.4, 0.5) is 30.7 Å². The molecule has 2 heterocycles. The third kappa shape index (κ3) is 5.18. The van der Waals surface area contributed by atoms with E-state index in [2.05, 4.69) is 15.4 Å². The number of primary amides is 1. The maximum absolute atomic E-state index is 15.0. The molecule has 0 spiro atoms. The molecule has 2 aromatic heterocycles. The third-order valence-corrected chi connectivity index (χ3v) is 7.87. The van der Waals surface area contributed by atoms with Crippen LogP contribution in [0.25, 0.3) is 11.1 Å². The van der Waals surface area contributed by atoms with Crippen molar-refractivity contribution in [1.29, 1.82) is 0 Å². The number of hydrogen-bond acceptors (Lipinski definition) is 4. The molecular weight excluding hydrogens is 595 g/mol. The first-order valence-corrected chi connectivity index (χ1v) is 13.4. The van der Waals surface area contributed by atoms with Crippen LogP contribution >= 0.6 is 0 Å². The topological polar surface area (TPSA) is 103 Å². The summed E-state index contributed by atoms with van der Waals surface area (Å²) in [6, 6.07) is 8.08. The van der Waals surface area contributed by atoms with Gasteiger partial charge in [0.2, 0.25) is 5.91 Å². The van der Waals surface area contributed by atoms with E-state index in [1.54, 1.807) is 0 Å². The zero-order chi connectivity index (χ0) is 31.5. The van der Waals surface area contributed by atoms with Crippen molar-refractivity contribution in [2.24, 2.45) is 11.7 Å². The number of pyridine rings is 1. The molecule has 3 N–H and O–H groups in total. The highest BCUT2D eigenvalue weighted by Crippen LogP contribution is 2.68. The van der Waals surface area contributed by atoms with E-state index in [0.29, 0.717) is 10.7 Å². The van der Waals surface area contributed by atoms with E-state index in [1.165, 1.54) is 30.5 Å². The molecule has 7 nitrogen and oxygen atoms in total. The maximum atomic E-state index is 15.0. The van der Waals surface area contributed by atoms with E-state index in [4.69, 9.17) is 5.73 Å². The fraction of sp³-hybridized carbons (Fsp3) is 0.267. The van der Waals surface area contributed by atoms with Gasteiger partial charge in [-0.3, -0.25) is 19.3 Å². The molecule has 14 heteroatoms. The van der Waals surface area contributed by atoms with E-state index in [1.807, 2.05) is 0 Å².